The van der Waals surface area contributed by atoms with Crippen molar-refractivity contribution in [2.45, 2.75) is 25.2 Å². The number of carbonyl (C=O) groups is 1. The monoisotopic (exact) mass is 407 g/mol. The Kier molecular flexibility index (Phi) is 5.97. The zero-order valence-electron chi connectivity index (χ0n) is 17.2. The van der Waals surface area contributed by atoms with Crippen LogP contribution in [-0.4, -0.2) is 48.1 Å². The molecule has 3 heterocycles. The molecule has 1 aliphatic rings. The first kappa shape index (κ1) is 19.9. The third-order valence-corrected chi connectivity index (χ3v) is 5.34. The number of rotatable bonds is 6. The summed E-state index contributed by atoms with van der Waals surface area (Å²) in [5.41, 5.74) is 1.58. The maximum Gasteiger partial charge on any atom is 0.259 e. The van der Waals surface area contributed by atoms with Crippen LogP contribution in [0.15, 0.2) is 53.2 Å². The third-order valence-electron chi connectivity index (χ3n) is 5.34. The van der Waals surface area contributed by atoms with Crippen LogP contribution in [0.5, 0.6) is 11.6 Å². The number of aromatic nitrogens is 2. The minimum absolute atomic E-state index is 0.0735. The lowest BCUT2D eigenvalue weighted by Gasteiger charge is -2.31. The zero-order valence-corrected chi connectivity index (χ0v) is 17.2. The van der Waals surface area contributed by atoms with E-state index in [-0.39, 0.29) is 11.8 Å². The first-order chi connectivity index (χ1) is 14.7. The molecule has 0 saturated carbocycles. The second kappa shape index (κ2) is 8.98. The number of ether oxygens (including phenoxy) is 2. The fraction of sp³-hybridized carbons (Fsp3) is 0.348. The largest absolute Gasteiger partial charge is 0.497 e. The SMILES string of the molecule is COc1cccc(Cc2cnc([C@H]3CCCN(C(=O)c4cccnc4OC)C3)o2)c1. The highest BCUT2D eigenvalue weighted by Gasteiger charge is 2.29. The first-order valence-corrected chi connectivity index (χ1v) is 10.0. The molecule has 30 heavy (non-hydrogen) atoms. The summed E-state index contributed by atoms with van der Waals surface area (Å²) in [6.45, 7) is 1.26. The summed E-state index contributed by atoms with van der Waals surface area (Å²) < 4.78 is 16.6. The second-order valence-electron chi connectivity index (χ2n) is 7.34. The maximum absolute atomic E-state index is 13.0. The van der Waals surface area contributed by atoms with E-state index < -0.39 is 0 Å². The molecule has 1 saturated heterocycles. The van der Waals surface area contributed by atoms with Crippen molar-refractivity contribution >= 4 is 5.91 Å². The molecule has 4 rings (SSSR count). The second-order valence-corrected chi connectivity index (χ2v) is 7.34. The Hall–Kier alpha value is -3.35. The minimum Gasteiger partial charge on any atom is -0.497 e. The van der Waals surface area contributed by atoms with E-state index in [1.807, 2.05) is 29.2 Å². The number of pyridine rings is 1. The number of benzene rings is 1. The summed E-state index contributed by atoms with van der Waals surface area (Å²) >= 11 is 0. The van der Waals surface area contributed by atoms with Crippen LogP contribution in [0.2, 0.25) is 0 Å². The molecule has 2 aromatic heterocycles. The van der Waals surface area contributed by atoms with Gasteiger partial charge in [0.05, 0.1) is 26.3 Å². The molecule has 1 amide bonds. The van der Waals surface area contributed by atoms with E-state index in [0.29, 0.717) is 36.8 Å². The molecule has 0 radical (unpaired) electrons. The lowest BCUT2D eigenvalue weighted by molar-refractivity contribution is 0.0693. The van der Waals surface area contributed by atoms with E-state index in [9.17, 15) is 4.79 Å². The number of oxazole rings is 1. The Morgan fingerprint density at radius 2 is 2.10 bits per heavy atom. The molecule has 3 aromatic rings. The van der Waals surface area contributed by atoms with Crippen LogP contribution < -0.4 is 9.47 Å². The molecule has 0 N–H and O–H groups in total. The third kappa shape index (κ3) is 4.30. The van der Waals surface area contributed by atoms with Gasteiger partial charge in [-0.2, -0.15) is 0 Å². The van der Waals surface area contributed by atoms with Crippen LogP contribution in [0.4, 0.5) is 0 Å². The molecule has 156 valence electrons. The van der Waals surface area contributed by atoms with Crippen molar-refractivity contribution < 1.29 is 18.7 Å². The van der Waals surface area contributed by atoms with Gasteiger partial charge >= 0.3 is 0 Å². The van der Waals surface area contributed by atoms with Gasteiger partial charge in [-0.3, -0.25) is 4.79 Å². The molecule has 0 bridgehead atoms. The van der Waals surface area contributed by atoms with Crippen molar-refractivity contribution in [2.24, 2.45) is 0 Å². The first-order valence-electron chi connectivity index (χ1n) is 10.0. The van der Waals surface area contributed by atoms with Crippen molar-refractivity contribution in [3.8, 4) is 11.6 Å². The Balaban J connectivity index is 1.45. The van der Waals surface area contributed by atoms with E-state index in [0.717, 1.165) is 29.9 Å². The average Bonchev–Trinajstić information content (AvgIpc) is 3.27. The average molecular weight is 407 g/mol. The van der Waals surface area contributed by atoms with Gasteiger partial charge in [-0.25, -0.2) is 9.97 Å². The van der Waals surface area contributed by atoms with Crippen LogP contribution in [0.1, 0.15) is 46.3 Å². The molecule has 7 heteroatoms. The van der Waals surface area contributed by atoms with Gasteiger partial charge in [-0.15, -0.1) is 0 Å². The normalized spacial score (nSPS) is 16.3. The van der Waals surface area contributed by atoms with E-state index in [4.69, 9.17) is 13.9 Å². The van der Waals surface area contributed by atoms with Gasteiger partial charge in [-0.05, 0) is 42.7 Å². The molecule has 7 nitrogen and oxygen atoms in total. The number of piperidine rings is 1. The highest BCUT2D eigenvalue weighted by molar-refractivity contribution is 5.96. The van der Waals surface area contributed by atoms with E-state index in [1.165, 1.54) is 7.11 Å². The Labute approximate surface area is 175 Å². The van der Waals surface area contributed by atoms with Crippen molar-refractivity contribution in [3.05, 3.63) is 71.6 Å². The fourth-order valence-electron chi connectivity index (χ4n) is 3.83. The predicted molar refractivity (Wildman–Crippen MR) is 111 cm³/mol. The van der Waals surface area contributed by atoms with Crippen molar-refractivity contribution in [1.82, 2.24) is 14.9 Å². The van der Waals surface area contributed by atoms with Gasteiger partial charge in [0, 0.05) is 25.7 Å². The van der Waals surface area contributed by atoms with E-state index >= 15 is 0 Å². The number of methoxy groups -OCH3 is 2. The minimum atomic E-state index is -0.0761. The summed E-state index contributed by atoms with van der Waals surface area (Å²) in [6, 6.07) is 11.4. The summed E-state index contributed by atoms with van der Waals surface area (Å²) in [4.78, 5) is 23.5. The highest BCUT2D eigenvalue weighted by atomic mass is 16.5. The summed E-state index contributed by atoms with van der Waals surface area (Å²) in [7, 11) is 3.18. The zero-order chi connectivity index (χ0) is 20.9. The number of hydrogen-bond acceptors (Lipinski definition) is 6. The molecule has 0 unspecified atom stereocenters. The topological polar surface area (TPSA) is 77.7 Å². The van der Waals surface area contributed by atoms with Crippen LogP contribution in [-0.2, 0) is 6.42 Å². The molecular weight excluding hydrogens is 382 g/mol. The van der Waals surface area contributed by atoms with E-state index in [1.54, 1.807) is 31.6 Å². The maximum atomic E-state index is 13.0. The van der Waals surface area contributed by atoms with Gasteiger partial charge in [0.15, 0.2) is 5.89 Å². The van der Waals surface area contributed by atoms with Crippen LogP contribution in [0, 0.1) is 0 Å². The summed E-state index contributed by atoms with van der Waals surface area (Å²) in [6.07, 6.45) is 5.87. The van der Waals surface area contributed by atoms with Gasteiger partial charge in [-0.1, -0.05) is 12.1 Å². The molecule has 1 aromatic carbocycles. The Morgan fingerprint density at radius 1 is 1.20 bits per heavy atom. The summed E-state index contributed by atoms with van der Waals surface area (Å²) in [5, 5.41) is 0. The van der Waals surface area contributed by atoms with Crippen LogP contribution in [0.3, 0.4) is 0 Å². The van der Waals surface area contributed by atoms with Gasteiger partial charge < -0.3 is 18.8 Å². The van der Waals surface area contributed by atoms with Crippen LogP contribution >= 0.6 is 0 Å². The van der Waals surface area contributed by atoms with Crippen LogP contribution in [0.25, 0.3) is 0 Å². The molecule has 1 fully saturated rings. The standard InChI is InChI=1S/C23H25N3O4/c1-28-18-8-3-6-16(12-18)13-19-14-25-21(30-19)17-7-5-11-26(15-17)23(27)20-9-4-10-24-22(20)29-2/h3-4,6,8-10,12,14,17H,5,7,11,13,15H2,1-2H3/t17-/m0/s1. The quantitative estimate of drug-likeness (QED) is 0.620. The van der Waals surface area contributed by atoms with Crippen molar-refractivity contribution in [3.63, 3.8) is 0 Å². The predicted octanol–water partition coefficient (Wildman–Crippen LogP) is 3.70. The Bertz CT molecular complexity index is 1020. The number of carbonyl (C=O) groups excluding carboxylic acids is 1. The van der Waals surface area contributed by atoms with Crippen molar-refractivity contribution in [1.29, 1.82) is 0 Å². The number of nitrogens with zero attached hydrogens (tertiary/aromatic N) is 3. The summed E-state index contributed by atoms with van der Waals surface area (Å²) in [5.74, 6) is 2.65. The van der Waals surface area contributed by atoms with Gasteiger partial charge in [0.25, 0.3) is 5.91 Å². The number of likely N-dealkylation sites (tertiary alicyclic amines) is 1. The number of hydrogen-bond donors (Lipinski definition) is 0. The lowest BCUT2D eigenvalue weighted by atomic mass is 9.97. The lowest BCUT2D eigenvalue weighted by Crippen LogP contribution is -2.39. The number of amides is 1. The van der Waals surface area contributed by atoms with Gasteiger partial charge in [0.2, 0.25) is 5.88 Å². The van der Waals surface area contributed by atoms with Gasteiger partial charge in [0.1, 0.15) is 17.1 Å². The fourth-order valence-corrected chi connectivity index (χ4v) is 3.83. The molecule has 1 aliphatic heterocycles. The molecule has 0 aliphatic carbocycles. The van der Waals surface area contributed by atoms with Crippen molar-refractivity contribution in [2.75, 3.05) is 27.3 Å². The Morgan fingerprint density at radius 3 is 2.93 bits per heavy atom. The smallest absolute Gasteiger partial charge is 0.259 e. The van der Waals surface area contributed by atoms with E-state index in [2.05, 4.69) is 9.97 Å². The highest BCUT2D eigenvalue weighted by Crippen LogP contribution is 2.29. The molecular formula is C23H25N3O4. The molecule has 1 atom stereocenters. The molecule has 0 spiro atoms.